The first-order valence-electron chi connectivity index (χ1n) is 9.93. The Bertz CT molecular complexity index is 790. The van der Waals surface area contributed by atoms with Gasteiger partial charge in [-0.15, -0.1) is 0 Å². The van der Waals surface area contributed by atoms with Crippen molar-refractivity contribution in [2.75, 3.05) is 18.3 Å². The predicted molar refractivity (Wildman–Crippen MR) is 123 cm³/mol. The standard InChI is InChI=1S/C19H34N2O5S2Si/c1-8-27-28-12-24-14-9-16(21-10-13(2)17(22)20-18(21)23)26-15(14)11-25-29(6,7)19(3,4)5/h10,14-16H,8-9,11-12H2,1-7H3,(H,20,22,23)/t14-,15?,16?/m0/s1. The monoisotopic (exact) mass is 462 g/mol. The fourth-order valence-corrected chi connectivity index (χ4v) is 5.09. The van der Waals surface area contributed by atoms with Crippen molar-refractivity contribution in [3.05, 3.63) is 32.6 Å². The lowest BCUT2D eigenvalue weighted by Crippen LogP contribution is -2.44. The lowest BCUT2D eigenvalue weighted by Gasteiger charge is -2.37. The number of hydrogen-bond donors (Lipinski definition) is 1. The van der Waals surface area contributed by atoms with Crippen LogP contribution in [0.4, 0.5) is 0 Å². The third-order valence-corrected chi connectivity index (χ3v) is 12.2. The summed E-state index contributed by atoms with van der Waals surface area (Å²) in [4.78, 5) is 26.3. The second-order valence-corrected chi connectivity index (χ2v) is 16.3. The highest BCUT2D eigenvalue weighted by Gasteiger charge is 2.42. The van der Waals surface area contributed by atoms with Crippen molar-refractivity contribution in [1.82, 2.24) is 9.55 Å². The predicted octanol–water partition coefficient (Wildman–Crippen LogP) is 3.90. The number of nitrogens with one attached hydrogen (secondary N) is 1. The van der Waals surface area contributed by atoms with E-state index in [0.717, 1.165) is 5.75 Å². The fourth-order valence-electron chi connectivity index (χ4n) is 2.74. The molecule has 3 atom stereocenters. The second-order valence-electron chi connectivity index (χ2n) is 8.76. The van der Waals surface area contributed by atoms with Gasteiger partial charge in [-0.3, -0.25) is 14.3 Å². The van der Waals surface area contributed by atoms with Crippen LogP contribution < -0.4 is 11.2 Å². The molecule has 10 heteroatoms. The van der Waals surface area contributed by atoms with Crippen molar-refractivity contribution in [3.8, 4) is 0 Å². The van der Waals surface area contributed by atoms with Crippen molar-refractivity contribution < 1.29 is 13.9 Å². The Morgan fingerprint density at radius 3 is 2.62 bits per heavy atom. The molecule has 0 spiro atoms. The van der Waals surface area contributed by atoms with Crippen LogP contribution in [0.1, 0.15) is 45.9 Å². The highest BCUT2D eigenvalue weighted by Crippen LogP contribution is 2.38. The molecule has 166 valence electrons. The second kappa shape index (κ2) is 10.2. The molecule has 0 radical (unpaired) electrons. The number of H-pyrrole nitrogens is 1. The molecule has 7 nitrogen and oxygen atoms in total. The van der Waals surface area contributed by atoms with Crippen LogP contribution >= 0.6 is 21.6 Å². The van der Waals surface area contributed by atoms with Crippen LogP contribution in [0.25, 0.3) is 0 Å². The summed E-state index contributed by atoms with van der Waals surface area (Å²) in [5.41, 5.74) is -0.365. The van der Waals surface area contributed by atoms with Gasteiger partial charge in [-0.2, -0.15) is 0 Å². The number of rotatable bonds is 9. The maximum Gasteiger partial charge on any atom is 0.330 e. The summed E-state index contributed by atoms with van der Waals surface area (Å²) in [6.45, 7) is 15.2. The van der Waals surface area contributed by atoms with E-state index in [1.165, 1.54) is 4.57 Å². The molecule has 1 aromatic heterocycles. The molecule has 2 heterocycles. The van der Waals surface area contributed by atoms with Crippen LogP contribution in [0.5, 0.6) is 0 Å². The van der Waals surface area contributed by atoms with Gasteiger partial charge in [0.2, 0.25) is 0 Å². The lowest BCUT2D eigenvalue weighted by atomic mass is 10.2. The van der Waals surface area contributed by atoms with Gasteiger partial charge in [-0.05, 0) is 25.1 Å². The van der Waals surface area contributed by atoms with Gasteiger partial charge in [-0.1, -0.05) is 49.3 Å². The number of nitrogens with zero attached hydrogens (tertiary/aromatic N) is 1. The molecule has 0 aliphatic carbocycles. The third kappa shape index (κ3) is 6.48. The summed E-state index contributed by atoms with van der Waals surface area (Å²) < 4.78 is 20.1. The van der Waals surface area contributed by atoms with Gasteiger partial charge < -0.3 is 13.9 Å². The van der Waals surface area contributed by atoms with Gasteiger partial charge in [-0.25, -0.2) is 4.79 Å². The lowest BCUT2D eigenvalue weighted by molar-refractivity contribution is -0.0528. The van der Waals surface area contributed by atoms with E-state index in [1.807, 2.05) is 0 Å². The fraction of sp³-hybridized carbons (Fsp3) is 0.789. The molecule has 0 aromatic carbocycles. The Balaban J connectivity index is 2.15. The summed E-state index contributed by atoms with van der Waals surface area (Å²) in [6.07, 6.45) is 1.17. The van der Waals surface area contributed by atoms with Crippen molar-refractivity contribution in [2.45, 2.75) is 77.6 Å². The van der Waals surface area contributed by atoms with Crippen LogP contribution in [0, 0.1) is 6.92 Å². The average Bonchev–Trinajstić information content (AvgIpc) is 3.02. The van der Waals surface area contributed by atoms with E-state index in [1.54, 1.807) is 34.7 Å². The van der Waals surface area contributed by atoms with E-state index in [0.29, 0.717) is 24.5 Å². The van der Waals surface area contributed by atoms with Crippen molar-refractivity contribution in [1.29, 1.82) is 0 Å². The topological polar surface area (TPSA) is 82.6 Å². The maximum atomic E-state index is 12.3. The van der Waals surface area contributed by atoms with Gasteiger partial charge in [0, 0.05) is 23.9 Å². The van der Waals surface area contributed by atoms with E-state index >= 15 is 0 Å². The van der Waals surface area contributed by atoms with Gasteiger partial charge in [0.25, 0.3) is 5.56 Å². The zero-order chi connectivity index (χ0) is 21.8. The van der Waals surface area contributed by atoms with Crippen molar-refractivity contribution in [2.24, 2.45) is 0 Å². The third-order valence-electron chi connectivity index (χ3n) is 5.58. The van der Waals surface area contributed by atoms with Crippen LogP contribution in [-0.4, -0.2) is 48.4 Å². The smallest absolute Gasteiger partial charge is 0.330 e. The van der Waals surface area contributed by atoms with E-state index < -0.39 is 20.2 Å². The van der Waals surface area contributed by atoms with Gasteiger partial charge in [0.15, 0.2) is 8.32 Å². The molecule has 1 aromatic rings. The number of aryl methyl sites for hydroxylation is 1. The summed E-state index contributed by atoms with van der Waals surface area (Å²) in [5.74, 6) is 1.57. The molecule has 2 unspecified atom stereocenters. The first-order valence-corrected chi connectivity index (χ1v) is 15.3. The Kier molecular flexibility index (Phi) is 8.69. The first-order chi connectivity index (χ1) is 13.5. The van der Waals surface area contributed by atoms with E-state index in [-0.39, 0.29) is 22.8 Å². The highest BCUT2D eigenvalue weighted by atomic mass is 33.1. The molecule has 1 aliphatic heterocycles. The van der Waals surface area contributed by atoms with Gasteiger partial charge in [0.05, 0.1) is 12.7 Å². The van der Waals surface area contributed by atoms with Crippen LogP contribution in [0.2, 0.25) is 18.1 Å². The zero-order valence-electron chi connectivity index (χ0n) is 18.4. The number of ether oxygens (including phenoxy) is 2. The Labute approximate surface area is 181 Å². The highest BCUT2D eigenvalue weighted by molar-refractivity contribution is 8.76. The number of aromatic amines is 1. The minimum absolute atomic E-state index is 0.0992. The summed E-state index contributed by atoms with van der Waals surface area (Å²) >= 11 is 0. The van der Waals surface area contributed by atoms with Crippen LogP contribution in [-0.2, 0) is 13.9 Å². The number of aromatic nitrogens is 2. The molecule has 0 saturated carbocycles. The van der Waals surface area contributed by atoms with Crippen LogP contribution in [0.3, 0.4) is 0 Å². The summed E-state index contributed by atoms with van der Waals surface area (Å²) in [7, 11) is 1.48. The van der Waals surface area contributed by atoms with Gasteiger partial charge >= 0.3 is 5.69 Å². The summed E-state index contributed by atoms with van der Waals surface area (Å²) in [5, 5.41) is 0.0992. The maximum absolute atomic E-state index is 12.3. The zero-order valence-corrected chi connectivity index (χ0v) is 21.1. The molecule has 1 fully saturated rings. The average molecular weight is 463 g/mol. The largest absolute Gasteiger partial charge is 0.414 e. The normalized spacial score (nSPS) is 22.9. The SMILES string of the molecule is CCSSCO[C@H]1CC(n2cc(C)c(=O)[nH]c2=O)OC1CO[Si](C)(C)C(C)(C)C. The van der Waals surface area contributed by atoms with E-state index in [2.05, 4.69) is 45.8 Å². The molecular formula is C19H34N2O5S2Si. The Morgan fingerprint density at radius 2 is 2.00 bits per heavy atom. The Morgan fingerprint density at radius 1 is 1.31 bits per heavy atom. The quantitative estimate of drug-likeness (QED) is 0.258. The van der Waals surface area contributed by atoms with Gasteiger partial charge in [0.1, 0.15) is 18.3 Å². The molecule has 1 N–H and O–H groups in total. The molecule has 0 bridgehead atoms. The van der Waals surface area contributed by atoms with Crippen LogP contribution in [0.15, 0.2) is 15.8 Å². The van der Waals surface area contributed by atoms with E-state index in [9.17, 15) is 9.59 Å². The van der Waals surface area contributed by atoms with Crippen molar-refractivity contribution >= 4 is 29.9 Å². The molecular weight excluding hydrogens is 428 g/mol. The summed E-state index contributed by atoms with van der Waals surface area (Å²) in [6, 6.07) is 0. The molecule has 2 rings (SSSR count). The van der Waals surface area contributed by atoms with Crippen molar-refractivity contribution in [3.63, 3.8) is 0 Å². The van der Waals surface area contributed by atoms with E-state index in [4.69, 9.17) is 13.9 Å². The molecule has 1 aliphatic rings. The minimum Gasteiger partial charge on any atom is -0.414 e. The molecule has 1 saturated heterocycles. The minimum atomic E-state index is -1.94. The first kappa shape index (κ1) is 24.7. The Hall–Kier alpha value is -0.523. The molecule has 0 amide bonds. The molecule has 29 heavy (non-hydrogen) atoms. The number of hydrogen-bond acceptors (Lipinski definition) is 7.